The van der Waals surface area contributed by atoms with Crippen LogP contribution in [0.15, 0.2) is 30.5 Å². The van der Waals surface area contributed by atoms with Crippen LogP contribution in [0.25, 0.3) is 10.9 Å². The molecule has 3 atom stereocenters. The van der Waals surface area contributed by atoms with Gasteiger partial charge in [-0.25, -0.2) is 0 Å². The monoisotopic (exact) mass is 487 g/mol. The number of aromatic nitrogens is 1. The zero-order chi connectivity index (χ0) is 25.6. The maximum absolute atomic E-state index is 12.7. The van der Waals surface area contributed by atoms with E-state index in [0.29, 0.717) is 45.3 Å². The van der Waals surface area contributed by atoms with E-state index in [4.69, 9.17) is 21.9 Å². The highest BCUT2D eigenvalue weighted by atomic mass is 16.5. The molecule has 194 valence electrons. The molecule has 0 aliphatic carbocycles. The van der Waals surface area contributed by atoms with Crippen molar-refractivity contribution in [1.82, 2.24) is 15.6 Å². The molecule has 0 aliphatic heterocycles. The van der Waals surface area contributed by atoms with E-state index in [2.05, 4.69) is 27.9 Å². The molecule has 2 amide bonds. The van der Waals surface area contributed by atoms with Crippen molar-refractivity contribution >= 4 is 28.4 Å². The number of nitrogens with zero attached hydrogens (tertiary/aromatic N) is 1. The first-order valence-electron chi connectivity index (χ1n) is 12.3. The molecule has 1 unspecified atom stereocenters. The first-order chi connectivity index (χ1) is 16.9. The predicted octanol–water partition coefficient (Wildman–Crippen LogP) is 1.23. The van der Waals surface area contributed by atoms with E-state index in [-0.39, 0.29) is 17.9 Å². The number of hydrogen-bond acceptors (Lipinski definition) is 8. The summed E-state index contributed by atoms with van der Waals surface area (Å²) in [6.45, 7) is 3.49. The minimum Gasteiger partial charge on any atom is -0.497 e. The van der Waals surface area contributed by atoms with Crippen molar-refractivity contribution in [3.05, 3.63) is 30.5 Å². The molecule has 10 nitrogen and oxygen atoms in total. The fourth-order valence-corrected chi connectivity index (χ4v) is 3.81. The molecule has 0 saturated heterocycles. The van der Waals surface area contributed by atoms with Crippen LogP contribution in [0.5, 0.6) is 5.75 Å². The normalized spacial score (nSPS) is 13.6. The van der Waals surface area contributed by atoms with E-state index in [1.165, 1.54) is 0 Å². The van der Waals surface area contributed by atoms with Gasteiger partial charge in [-0.05, 0) is 70.7 Å². The Hall–Kier alpha value is -2.95. The highest BCUT2D eigenvalue weighted by molar-refractivity contribution is 5.92. The fraction of sp³-hybridized carbons (Fsp3) is 0.560. The summed E-state index contributed by atoms with van der Waals surface area (Å²) in [7, 11) is 1.64. The Morgan fingerprint density at radius 3 is 2.51 bits per heavy atom. The van der Waals surface area contributed by atoms with Gasteiger partial charge in [-0.15, -0.1) is 0 Å². The summed E-state index contributed by atoms with van der Waals surface area (Å²) in [4.78, 5) is 29.5. The molecule has 1 heterocycles. The number of nitrogens with two attached hydrogens (primary N) is 3. The summed E-state index contributed by atoms with van der Waals surface area (Å²) in [6.07, 6.45) is 5.59. The van der Waals surface area contributed by atoms with Crippen molar-refractivity contribution < 1.29 is 14.3 Å². The molecule has 1 aromatic carbocycles. The quantitative estimate of drug-likeness (QED) is 0.192. The zero-order valence-electron chi connectivity index (χ0n) is 20.9. The van der Waals surface area contributed by atoms with Crippen LogP contribution in [0.3, 0.4) is 0 Å². The number of carbonyl (C=O) groups is 2. The average Bonchev–Trinajstić information content (AvgIpc) is 2.87. The number of amides is 2. The average molecular weight is 488 g/mol. The number of anilines is 1. The number of pyridine rings is 1. The molecule has 10 heteroatoms. The summed E-state index contributed by atoms with van der Waals surface area (Å²) in [5.74, 6) is 0.203. The van der Waals surface area contributed by atoms with Crippen molar-refractivity contribution in [1.29, 1.82) is 0 Å². The van der Waals surface area contributed by atoms with Crippen LogP contribution in [0.4, 0.5) is 5.69 Å². The Bertz CT molecular complexity index is 940. The molecule has 0 spiro atoms. The number of nitrogens with one attached hydrogen (secondary N) is 3. The molecule has 0 radical (unpaired) electrons. The number of benzene rings is 1. The summed E-state index contributed by atoms with van der Waals surface area (Å²) in [5.41, 5.74) is 18.8. The Balaban J connectivity index is 1.84. The van der Waals surface area contributed by atoms with Crippen LogP contribution in [-0.2, 0) is 9.59 Å². The molecular formula is C25H41N7O3. The Kier molecular flexibility index (Phi) is 12.2. The van der Waals surface area contributed by atoms with Gasteiger partial charge in [0.1, 0.15) is 11.8 Å². The van der Waals surface area contributed by atoms with Crippen molar-refractivity contribution in [2.75, 3.05) is 32.1 Å². The van der Waals surface area contributed by atoms with Gasteiger partial charge in [-0.3, -0.25) is 14.6 Å². The summed E-state index contributed by atoms with van der Waals surface area (Å²) in [5, 5.41) is 10.2. The van der Waals surface area contributed by atoms with Crippen LogP contribution in [0.2, 0.25) is 0 Å². The molecule has 0 bridgehead atoms. The molecule has 35 heavy (non-hydrogen) atoms. The number of ether oxygens (including phenoxy) is 1. The van der Waals surface area contributed by atoms with Crippen LogP contribution in [0, 0.1) is 0 Å². The van der Waals surface area contributed by atoms with Gasteiger partial charge in [0.2, 0.25) is 11.8 Å². The minimum absolute atomic E-state index is 0.150. The van der Waals surface area contributed by atoms with Crippen molar-refractivity contribution in [2.45, 2.75) is 63.6 Å². The van der Waals surface area contributed by atoms with Crippen LogP contribution >= 0.6 is 0 Å². The summed E-state index contributed by atoms with van der Waals surface area (Å²) < 4.78 is 5.41. The first kappa shape index (κ1) is 28.3. The second kappa shape index (κ2) is 15.1. The topological polar surface area (TPSA) is 170 Å². The Labute approximate surface area is 207 Å². The molecule has 2 rings (SSSR count). The zero-order valence-corrected chi connectivity index (χ0v) is 20.9. The maximum Gasteiger partial charge on any atom is 0.242 e. The summed E-state index contributed by atoms with van der Waals surface area (Å²) in [6, 6.07) is 6.61. The number of hydrogen-bond donors (Lipinski definition) is 6. The SMILES string of the molecule is COc1cc(NC(C)CCCNC(=O)[C@H](CCCN)NC(=O)[C@@H](N)CCCN)c2ncccc2c1. The fourth-order valence-electron chi connectivity index (χ4n) is 3.81. The lowest BCUT2D eigenvalue weighted by Gasteiger charge is -2.21. The largest absolute Gasteiger partial charge is 0.497 e. The third kappa shape index (κ3) is 9.31. The third-order valence-corrected chi connectivity index (χ3v) is 5.82. The maximum atomic E-state index is 12.7. The number of methoxy groups -OCH3 is 1. The van der Waals surface area contributed by atoms with Crippen molar-refractivity contribution in [3.63, 3.8) is 0 Å². The van der Waals surface area contributed by atoms with Crippen molar-refractivity contribution in [3.8, 4) is 5.75 Å². The van der Waals surface area contributed by atoms with E-state index >= 15 is 0 Å². The van der Waals surface area contributed by atoms with Gasteiger partial charge in [0.15, 0.2) is 0 Å². The van der Waals surface area contributed by atoms with Gasteiger partial charge < -0.3 is 37.9 Å². The molecule has 0 fully saturated rings. The van der Waals surface area contributed by atoms with Gasteiger partial charge in [-0.1, -0.05) is 6.07 Å². The highest BCUT2D eigenvalue weighted by Gasteiger charge is 2.23. The van der Waals surface area contributed by atoms with Gasteiger partial charge in [0.05, 0.1) is 24.4 Å². The van der Waals surface area contributed by atoms with Crippen LogP contribution < -0.4 is 37.9 Å². The Morgan fingerprint density at radius 1 is 1.06 bits per heavy atom. The lowest BCUT2D eigenvalue weighted by Crippen LogP contribution is -2.52. The smallest absolute Gasteiger partial charge is 0.242 e. The van der Waals surface area contributed by atoms with Gasteiger partial charge in [0, 0.05) is 30.2 Å². The molecule has 0 saturated carbocycles. The first-order valence-corrected chi connectivity index (χ1v) is 12.3. The molecular weight excluding hydrogens is 446 g/mol. The standard InChI is InChI=1S/C25H41N7O3/c1-17(31-22-16-19(35-2)15-18-8-6-13-29-23(18)22)7-5-14-30-25(34)21(10-4-12-27)32-24(33)20(28)9-3-11-26/h6,8,13,15-17,20-21,31H,3-5,7,9-12,14,26-28H2,1-2H3,(H,30,34)(H,32,33)/t17?,20-,21-/m0/s1. The van der Waals surface area contributed by atoms with E-state index in [1.807, 2.05) is 24.3 Å². The summed E-state index contributed by atoms with van der Waals surface area (Å²) >= 11 is 0. The van der Waals surface area contributed by atoms with E-state index < -0.39 is 12.1 Å². The molecule has 1 aromatic heterocycles. The van der Waals surface area contributed by atoms with Crippen LogP contribution in [-0.4, -0.2) is 61.7 Å². The lowest BCUT2D eigenvalue weighted by atomic mass is 10.1. The van der Waals surface area contributed by atoms with Crippen molar-refractivity contribution in [2.24, 2.45) is 17.2 Å². The van der Waals surface area contributed by atoms with E-state index in [9.17, 15) is 9.59 Å². The highest BCUT2D eigenvalue weighted by Crippen LogP contribution is 2.28. The van der Waals surface area contributed by atoms with E-state index in [1.54, 1.807) is 13.3 Å². The number of carbonyl (C=O) groups excluding carboxylic acids is 2. The van der Waals surface area contributed by atoms with Gasteiger partial charge >= 0.3 is 0 Å². The molecule has 2 aromatic rings. The molecule has 9 N–H and O–H groups in total. The van der Waals surface area contributed by atoms with E-state index in [0.717, 1.165) is 35.2 Å². The second-order valence-corrected chi connectivity index (χ2v) is 8.76. The Morgan fingerprint density at radius 2 is 1.80 bits per heavy atom. The minimum atomic E-state index is -0.680. The number of fused-ring (bicyclic) bond motifs is 1. The van der Waals surface area contributed by atoms with Crippen LogP contribution in [0.1, 0.15) is 45.4 Å². The molecule has 0 aliphatic rings. The van der Waals surface area contributed by atoms with Gasteiger partial charge in [0.25, 0.3) is 0 Å². The second-order valence-electron chi connectivity index (χ2n) is 8.76. The van der Waals surface area contributed by atoms with Gasteiger partial charge in [-0.2, -0.15) is 0 Å². The predicted molar refractivity (Wildman–Crippen MR) is 140 cm³/mol. The lowest BCUT2D eigenvalue weighted by molar-refractivity contribution is -0.129. The third-order valence-electron chi connectivity index (χ3n) is 5.82. The number of rotatable bonds is 16.